The molecule has 0 radical (unpaired) electrons. The van der Waals surface area contributed by atoms with Gasteiger partial charge in [-0.1, -0.05) is 22.0 Å². The zero-order valence-corrected chi connectivity index (χ0v) is 8.67. The maximum absolute atomic E-state index is 10.6. The van der Waals surface area contributed by atoms with Crippen LogP contribution in [0.25, 0.3) is 0 Å². The summed E-state index contributed by atoms with van der Waals surface area (Å²) in [5, 5.41) is 8.68. The third-order valence-corrected chi connectivity index (χ3v) is 2.34. The lowest BCUT2D eigenvalue weighted by Crippen LogP contribution is -1.97. The standard InChI is InChI=1S/C9H9BrO3/c1-13-5-7-3-2-6(9(11)12)4-8(7)10/h2-4H,5H2,1H3,(H,11,12). The third-order valence-electron chi connectivity index (χ3n) is 1.60. The van der Waals surface area contributed by atoms with Crippen molar-refractivity contribution in [2.75, 3.05) is 7.11 Å². The second kappa shape index (κ2) is 4.39. The van der Waals surface area contributed by atoms with Crippen molar-refractivity contribution in [3.05, 3.63) is 33.8 Å². The van der Waals surface area contributed by atoms with Gasteiger partial charge in [-0.25, -0.2) is 4.79 Å². The highest BCUT2D eigenvalue weighted by atomic mass is 79.9. The van der Waals surface area contributed by atoms with Gasteiger partial charge >= 0.3 is 5.97 Å². The largest absolute Gasteiger partial charge is 0.478 e. The van der Waals surface area contributed by atoms with Crippen molar-refractivity contribution >= 4 is 21.9 Å². The number of carboxylic acid groups (broad SMARTS) is 1. The van der Waals surface area contributed by atoms with E-state index >= 15 is 0 Å². The number of benzene rings is 1. The van der Waals surface area contributed by atoms with E-state index in [1.165, 1.54) is 0 Å². The molecule has 0 aliphatic carbocycles. The smallest absolute Gasteiger partial charge is 0.335 e. The molecule has 13 heavy (non-hydrogen) atoms. The minimum Gasteiger partial charge on any atom is -0.478 e. The maximum Gasteiger partial charge on any atom is 0.335 e. The highest BCUT2D eigenvalue weighted by molar-refractivity contribution is 9.10. The van der Waals surface area contributed by atoms with Crippen LogP contribution in [-0.4, -0.2) is 18.2 Å². The van der Waals surface area contributed by atoms with E-state index in [-0.39, 0.29) is 5.56 Å². The van der Waals surface area contributed by atoms with Gasteiger partial charge in [-0.05, 0) is 17.7 Å². The number of halogens is 1. The predicted octanol–water partition coefficient (Wildman–Crippen LogP) is 2.29. The van der Waals surface area contributed by atoms with Gasteiger partial charge in [-0.15, -0.1) is 0 Å². The van der Waals surface area contributed by atoms with Gasteiger partial charge in [0.2, 0.25) is 0 Å². The van der Waals surface area contributed by atoms with Gasteiger partial charge in [0.05, 0.1) is 12.2 Å². The fourth-order valence-corrected chi connectivity index (χ4v) is 1.45. The van der Waals surface area contributed by atoms with Crippen LogP contribution in [0.2, 0.25) is 0 Å². The van der Waals surface area contributed by atoms with Crippen molar-refractivity contribution in [3.8, 4) is 0 Å². The Hall–Kier alpha value is -0.870. The van der Waals surface area contributed by atoms with E-state index in [4.69, 9.17) is 9.84 Å². The summed E-state index contributed by atoms with van der Waals surface area (Å²) in [7, 11) is 1.59. The maximum atomic E-state index is 10.6. The second-order valence-electron chi connectivity index (χ2n) is 2.54. The fourth-order valence-electron chi connectivity index (χ4n) is 0.953. The summed E-state index contributed by atoms with van der Waals surface area (Å²) in [5.41, 5.74) is 1.21. The molecule has 1 aromatic carbocycles. The number of hydrogen-bond acceptors (Lipinski definition) is 2. The Balaban J connectivity index is 2.98. The first-order chi connectivity index (χ1) is 6.15. The Morgan fingerprint density at radius 2 is 2.31 bits per heavy atom. The Labute approximate surface area is 84.5 Å². The highest BCUT2D eigenvalue weighted by Gasteiger charge is 2.05. The van der Waals surface area contributed by atoms with E-state index in [0.29, 0.717) is 6.61 Å². The van der Waals surface area contributed by atoms with Crippen molar-refractivity contribution < 1.29 is 14.6 Å². The zero-order chi connectivity index (χ0) is 9.84. The molecule has 0 heterocycles. The quantitative estimate of drug-likeness (QED) is 0.888. The van der Waals surface area contributed by atoms with Gasteiger partial charge in [0.15, 0.2) is 0 Å². The number of ether oxygens (including phenoxy) is 1. The summed E-state index contributed by atoms with van der Waals surface area (Å²) >= 11 is 3.27. The molecule has 0 amide bonds. The molecule has 0 aliphatic heterocycles. The molecule has 0 aromatic heterocycles. The van der Waals surface area contributed by atoms with Crippen LogP contribution in [0.4, 0.5) is 0 Å². The minimum absolute atomic E-state index is 0.270. The molecule has 0 spiro atoms. The molecule has 0 unspecified atom stereocenters. The van der Waals surface area contributed by atoms with Crippen molar-refractivity contribution in [2.45, 2.75) is 6.61 Å². The Morgan fingerprint density at radius 1 is 1.62 bits per heavy atom. The van der Waals surface area contributed by atoms with Crippen LogP contribution in [0.3, 0.4) is 0 Å². The van der Waals surface area contributed by atoms with Gasteiger partial charge in [0.25, 0.3) is 0 Å². The third kappa shape index (κ3) is 2.54. The molecule has 1 N–H and O–H groups in total. The summed E-state index contributed by atoms with van der Waals surface area (Å²) < 4.78 is 5.69. The molecular weight excluding hydrogens is 236 g/mol. The lowest BCUT2D eigenvalue weighted by molar-refractivity contribution is 0.0696. The Kier molecular flexibility index (Phi) is 3.45. The van der Waals surface area contributed by atoms with Gasteiger partial charge in [0.1, 0.15) is 0 Å². The first-order valence-corrected chi connectivity index (χ1v) is 4.45. The molecule has 1 rings (SSSR count). The van der Waals surface area contributed by atoms with Crippen molar-refractivity contribution in [3.63, 3.8) is 0 Å². The molecule has 0 bridgehead atoms. The van der Waals surface area contributed by atoms with Gasteiger partial charge in [-0.3, -0.25) is 0 Å². The van der Waals surface area contributed by atoms with Crippen molar-refractivity contribution in [1.29, 1.82) is 0 Å². The van der Waals surface area contributed by atoms with Gasteiger partial charge in [-0.2, -0.15) is 0 Å². The monoisotopic (exact) mass is 244 g/mol. The molecule has 1 aromatic rings. The van der Waals surface area contributed by atoms with Crippen LogP contribution in [0, 0.1) is 0 Å². The van der Waals surface area contributed by atoms with Crippen LogP contribution >= 0.6 is 15.9 Å². The van der Waals surface area contributed by atoms with Gasteiger partial charge < -0.3 is 9.84 Å². The van der Waals surface area contributed by atoms with E-state index in [9.17, 15) is 4.79 Å². The number of methoxy groups -OCH3 is 1. The molecule has 0 atom stereocenters. The van der Waals surface area contributed by atoms with E-state index in [1.807, 2.05) is 0 Å². The zero-order valence-electron chi connectivity index (χ0n) is 7.08. The molecule has 0 aliphatic rings. The number of hydrogen-bond donors (Lipinski definition) is 1. The average molecular weight is 245 g/mol. The number of carbonyl (C=O) groups is 1. The van der Waals surface area contributed by atoms with Crippen LogP contribution in [0.15, 0.2) is 22.7 Å². The van der Waals surface area contributed by atoms with E-state index < -0.39 is 5.97 Å². The van der Waals surface area contributed by atoms with Crippen LogP contribution in [-0.2, 0) is 11.3 Å². The SMILES string of the molecule is COCc1ccc(C(=O)O)cc1Br. The molecule has 3 nitrogen and oxygen atoms in total. The summed E-state index contributed by atoms with van der Waals surface area (Å²) in [6.07, 6.45) is 0. The lowest BCUT2D eigenvalue weighted by Gasteiger charge is -2.03. The van der Waals surface area contributed by atoms with Crippen LogP contribution < -0.4 is 0 Å². The normalized spacial score (nSPS) is 10.0. The summed E-state index contributed by atoms with van der Waals surface area (Å²) in [6, 6.07) is 4.86. The first-order valence-electron chi connectivity index (χ1n) is 3.66. The van der Waals surface area contributed by atoms with Crippen molar-refractivity contribution in [2.24, 2.45) is 0 Å². The Morgan fingerprint density at radius 3 is 2.77 bits per heavy atom. The Bertz CT molecular complexity index is 323. The number of aromatic carboxylic acids is 1. The molecule has 0 saturated heterocycles. The van der Waals surface area contributed by atoms with Gasteiger partial charge in [0, 0.05) is 11.6 Å². The lowest BCUT2D eigenvalue weighted by atomic mass is 10.1. The minimum atomic E-state index is -0.926. The van der Waals surface area contributed by atoms with Crippen LogP contribution in [0.5, 0.6) is 0 Å². The highest BCUT2D eigenvalue weighted by Crippen LogP contribution is 2.19. The number of carboxylic acids is 1. The van der Waals surface area contributed by atoms with Crippen LogP contribution in [0.1, 0.15) is 15.9 Å². The topological polar surface area (TPSA) is 46.5 Å². The fraction of sp³-hybridized carbons (Fsp3) is 0.222. The second-order valence-corrected chi connectivity index (χ2v) is 3.40. The predicted molar refractivity (Wildman–Crippen MR) is 51.8 cm³/mol. The average Bonchev–Trinajstić information content (AvgIpc) is 2.08. The molecule has 0 fully saturated rings. The molecule has 4 heteroatoms. The van der Waals surface area contributed by atoms with E-state index in [0.717, 1.165) is 10.0 Å². The first kappa shape index (κ1) is 10.2. The van der Waals surface area contributed by atoms with E-state index in [1.54, 1.807) is 25.3 Å². The summed E-state index contributed by atoms with van der Waals surface area (Å²) in [5.74, 6) is -0.926. The number of rotatable bonds is 3. The van der Waals surface area contributed by atoms with Crippen molar-refractivity contribution in [1.82, 2.24) is 0 Å². The van der Waals surface area contributed by atoms with E-state index in [2.05, 4.69) is 15.9 Å². The summed E-state index contributed by atoms with van der Waals surface area (Å²) in [6.45, 7) is 0.473. The molecule has 0 saturated carbocycles. The summed E-state index contributed by atoms with van der Waals surface area (Å²) in [4.78, 5) is 10.6. The molecular formula is C9H9BrO3. The molecule has 70 valence electrons.